The zero-order chi connectivity index (χ0) is 14.7. The van der Waals surface area contributed by atoms with Crippen molar-refractivity contribution in [3.63, 3.8) is 0 Å². The normalized spacial score (nSPS) is 18.6. The molecule has 4 nitrogen and oxygen atoms in total. The summed E-state index contributed by atoms with van der Waals surface area (Å²) in [6.45, 7) is 1.54. The van der Waals surface area contributed by atoms with Gasteiger partial charge >= 0.3 is 0 Å². The van der Waals surface area contributed by atoms with Crippen LogP contribution >= 0.6 is 0 Å². The molecule has 1 aliphatic carbocycles. The van der Waals surface area contributed by atoms with Gasteiger partial charge in [0.25, 0.3) is 6.43 Å². The van der Waals surface area contributed by atoms with E-state index in [4.69, 9.17) is 9.72 Å². The molecule has 1 aromatic rings. The van der Waals surface area contributed by atoms with E-state index in [0.29, 0.717) is 12.3 Å². The zero-order valence-electron chi connectivity index (χ0n) is 12.1. The van der Waals surface area contributed by atoms with Crippen LogP contribution in [0.4, 0.5) is 8.78 Å². The summed E-state index contributed by atoms with van der Waals surface area (Å²) in [4.78, 5) is 9.32. The summed E-state index contributed by atoms with van der Waals surface area (Å²) < 4.78 is 29.0. The van der Waals surface area contributed by atoms with Crippen molar-refractivity contribution in [1.29, 1.82) is 0 Å². The second-order valence-corrected chi connectivity index (χ2v) is 5.72. The maximum absolute atomic E-state index is 12.0. The number of nitrogens with one attached hydrogen (secondary N) is 1. The van der Waals surface area contributed by atoms with Crippen LogP contribution in [0.2, 0.25) is 0 Å². The molecule has 0 bridgehead atoms. The van der Waals surface area contributed by atoms with Gasteiger partial charge in [-0.1, -0.05) is 6.42 Å². The predicted molar refractivity (Wildman–Crippen MR) is 74.6 cm³/mol. The number of aromatic nitrogens is 2. The third kappa shape index (κ3) is 3.55. The molecule has 1 N–H and O–H groups in total. The average Bonchev–Trinajstić information content (AvgIpc) is 2.41. The second-order valence-electron chi connectivity index (χ2n) is 5.72. The number of fused-ring (bicyclic) bond motifs is 1. The van der Waals surface area contributed by atoms with E-state index < -0.39 is 13.0 Å². The Kier molecular flexibility index (Phi) is 4.75. The first kappa shape index (κ1) is 14.8. The Morgan fingerprint density at radius 1 is 1.29 bits per heavy atom. The standard InChI is InChI=1S/C15H21F2N3O/c16-13(17)9-21-7-5-14-19-12-4-6-18-8-11(12)15(20-14)10-2-1-3-10/h10,13,18H,1-9H2. The average molecular weight is 297 g/mol. The molecular weight excluding hydrogens is 276 g/mol. The van der Waals surface area contributed by atoms with Gasteiger partial charge in [0.05, 0.1) is 18.0 Å². The van der Waals surface area contributed by atoms with Crippen molar-refractivity contribution in [3.05, 3.63) is 22.8 Å². The molecule has 0 spiro atoms. The van der Waals surface area contributed by atoms with Crippen LogP contribution in [-0.4, -0.2) is 36.2 Å². The van der Waals surface area contributed by atoms with E-state index in [1.165, 1.54) is 30.5 Å². The monoisotopic (exact) mass is 297 g/mol. The lowest BCUT2D eigenvalue weighted by Gasteiger charge is -2.29. The summed E-state index contributed by atoms with van der Waals surface area (Å²) in [5.74, 6) is 1.30. The van der Waals surface area contributed by atoms with Crippen LogP contribution in [-0.2, 0) is 24.1 Å². The molecule has 0 radical (unpaired) electrons. The number of halogens is 2. The quantitative estimate of drug-likeness (QED) is 0.818. The molecule has 116 valence electrons. The summed E-state index contributed by atoms with van der Waals surface area (Å²) in [5.41, 5.74) is 3.58. The number of hydrogen-bond donors (Lipinski definition) is 1. The van der Waals surface area contributed by atoms with Gasteiger partial charge in [-0.3, -0.25) is 0 Å². The maximum Gasteiger partial charge on any atom is 0.261 e. The Bertz CT molecular complexity index is 492. The number of hydrogen-bond acceptors (Lipinski definition) is 4. The fourth-order valence-electron chi connectivity index (χ4n) is 2.89. The summed E-state index contributed by atoms with van der Waals surface area (Å²) in [6.07, 6.45) is 2.68. The highest BCUT2D eigenvalue weighted by Gasteiger charge is 2.27. The smallest absolute Gasteiger partial charge is 0.261 e. The van der Waals surface area contributed by atoms with Gasteiger partial charge in [-0.25, -0.2) is 18.7 Å². The maximum atomic E-state index is 12.0. The zero-order valence-corrected chi connectivity index (χ0v) is 12.1. The van der Waals surface area contributed by atoms with Crippen LogP contribution in [0.15, 0.2) is 0 Å². The molecule has 0 unspecified atom stereocenters. The Hall–Kier alpha value is -1.14. The Morgan fingerprint density at radius 3 is 2.86 bits per heavy atom. The van der Waals surface area contributed by atoms with Crippen LogP contribution in [0.25, 0.3) is 0 Å². The number of alkyl halides is 2. The highest BCUT2D eigenvalue weighted by atomic mass is 19.3. The Balaban J connectivity index is 1.71. The fourth-order valence-corrected chi connectivity index (χ4v) is 2.89. The molecule has 2 aliphatic rings. The largest absolute Gasteiger partial charge is 0.375 e. The van der Waals surface area contributed by atoms with E-state index >= 15 is 0 Å². The minimum absolute atomic E-state index is 0.255. The molecule has 1 aliphatic heterocycles. The van der Waals surface area contributed by atoms with Crippen LogP contribution < -0.4 is 5.32 Å². The molecule has 1 fully saturated rings. The Labute approximate surface area is 123 Å². The van der Waals surface area contributed by atoms with Crippen LogP contribution in [0.3, 0.4) is 0 Å². The molecule has 1 saturated carbocycles. The van der Waals surface area contributed by atoms with Gasteiger partial charge in [0.1, 0.15) is 12.4 Å². The highest BCUT2D eigenvalue weighted by Crippen LogP contribution is 2.38. The SMILES string of the molecule is FC(F)COCCc1nc2c(c(C3CCC3)n1)CNCC2. The highest BCUT2D eigenvalue weighted by molar-refractivity contribution is 5.31. The third-order valence-corrected chi connectivity index (χ3v) is 4.22. The van der Waals surface area contributed by atoms with Crippen molar-refractivity contribution in [2.75, 3.05) is 19.8 Å². The summed E-state index contributed by atoms with van der Waals surface area (Å²) in [5, 5.41) is 3.38. The number of ether oxygens (including phenoxy) is 1. The van der Waals surface area contributed by atoms with Gasteiger partial charge in [0, 0.05) is 37.4 Å². The van der Waals surface area contributed by atoms with E-state index in [0.717, 1.165) is 31.0 Å². The molecule has 6 heteroatoms. The van der Waals surface area contributed by atoms with Crippen LogP contribution in [0, 0.1) is 0 Å². The second kappa shape index (κ2) is 6.75. The number of rotatable bonds is 6. The molecular formula is C15H21F2N3O. The van der Waals surface area contributed by atoms with Gasteiger partial charge in [0.2, 0.25) is 0 Å². The summed E-state index contributed by atoms with van der Waals surface area (Å²) in [7, 11) is 0. The minimum atomic E-state index is -2.41. The van der Waals surface area contributed by atoms with Crippen molar-refractivity contribution in [1.82, 2.24) is 15.3 Å². The van der Waals surface area contributed by atoms with Crippen molar-refractivity contribution >= 4 is 0 Å². The van der Waals surface area contributed by atoms with Gasteiger partial charge in [-0.15, -0.1) is 0 Å². The lowest BCUT2D eigenvalue weighted by Crippen LogP contribution is -2.29. The van der Waals surface area contributed by atoms with Crippen molar-refractivity contribution < 1.29 is 13.5 Å². The van der Waals surface area contributed by atoms with Gasteiger partial charge < -0.3 is 10.1 Å². The molecule has 0 aromatic carbocycles. The van der Waals surface area contributed by atoms with E-state index in [1.807, 2.05) is 0 Å². The van der Waals surface area contributed by atoms with E-state index in [1.54, 1.807) is 0 Å². The van der Waals surface area contributed by atoms with Crippen LogP contribution in [0.1, 0.15) is 48.0 Å². The summed E-state index contributed by atoms with van der Waals surface area (Å²) >= 11 is 0. The van der Waals surface area contributed by atoms with Crippen molar-refractivity contribution in [2.45, 2.75) is 51.0 Å². The molecule has 0 atom stereocenters. The van der Waals surface area contributed by atoms with E-state index in [2.05, 4.69) is 10.3 Å². The van der Waals surface area contributed by atoms with Crippen molar-refractivity contribution in [3.8, 4) is 0 Å². The topological polar surface area (TPSA) is 47.0 Å². The van der Waals surface area contributed by atoms with Crippen molar-refractivity contribution in [2.24, 2.45) is 0 Å². The molecule has 0 amide bonds. The van der Waals surface area contributed by atoms with E-state index in [-0.39, 0.29) is 6.61 Å². The van der Waals surface area contributed by atoms with Gasteiger partial charge in [-0.05, 0) is 12.8 Å². The predicted octanol–water partition coefficient (Wildman–Crippen LogP) is 2.21. The van der Waals surface area contributed by atoms with Crippen LogP contribution in [0.5, 0.6) is 0 Å². The summed E-state index contributed by atoms with van der Waals surface area (Å²) in [6, 6.07) is 0. The first-order valence-electron chi connectivity index (χ1n) is 7.69. The van der Waals surface area contributed by atoms with Gasteiger partial charge in [0.15, 0.2) is 0 Å². The van der Waals surface area contributed by atoms with Gasteiger partial charge in [-0.2, -0.15) is 0 Å². The molecule has 2 heterocycles. The number of nitrogens with zero attached hydrogens (tertiary/aromatic N) is 2. The van der Waals surface area contributed by atoms with E-state index in [9.17, 15) is 8.78 Å². The minimum Gasteiger partial charge on any atom is -0.375 e. The molecule has 1 aromatic heterocycles. The first-order valence-corrected chi connectivity index (χ1v) is 7.69. The molecule has 3 rings (SSSR count). The first-order chi connectivity index (χ1) is 10.2. The lowest BCUT2D eigenvalue weighted by molar-refractivity contribution is 0.0182. The molecule has 0 saturated heterocycles. The Morgan fingerprint density at radius 2 is 2.14 bits per heavy atom. The third-order valence-electron chi connectivity index (χ3n) is 4.22. The lowest BCUT2D eigenvalue weighted by atomic mass is 9.80. The molecule has 21 heavy (non-hydrogen) atoms. The fraction of sp³-hybridized carbons (Fsp3) is 0.733.